The molecule has 1 aliphatic heterocycles. The summed E-state index contributed by atoms with van der Waals surface area (Å²) in [6, 6.07) is 10.6. The number of allylic oxidation sites excluding steroid dienone is 3. The number of unbranched alkanes of at least 4 members (excludes halogenated alkanes) is 1. The minimum Gasteiger partial charge on any atom is -0.504 e. The van der Waals surface area contributed by atoms with Gasteiger partial charge >= 0.3 is 5.97 Å². The maximum absolute atomic E-state index is 13.8. The van der Waals surface area contributed by atoms with Crippen LogP contribution in [-0.4, -0.2) is 44.8 Å². The van der Waals surface area contributed by atoms with Crippen LogP contribution in [-0.2, 0) is 14.3 Å². The normalized spacial score (nSPS) is 19.0. The zero-order valence-corrected chi connectivity index (χ0v) is 22.6. The van der Waals surface area contributed by atoms with Crippen molar-refractivity contribution in [2.24, 2.45) is 0 Å². The summed E-state index contributed by atoms with van der Waals surface area (Å²) < 4.78 is 21.8. The summed E-state index contributed by atoms with van der Waals surface area (Å²) in [6.45, 7) is 4.16. The van der Waals surface area contributed by atoms with E-state index in [4.69, 9.17) is 18.9 Å². The lowest BCUT2D eigenvalue weighted by Crippen LogP contribution is -2.36. The van der Waals surface area contributed by atoms with Crippen LogP contribution in [0.3, 0.4) is 0 Å². The zero-order chi connectivity index (χ0) is 27.4. The summed E-state index contributed by atoms with van der Waals surface area (Å²) in [4.78, 5) is 27.1. The van der Waals surface area contributed by atoms with E-state index in [1.807, 2.05) is 32.0 Å². The minimum atomic E-state index is -0.645. The van der Waals surface area contributed by atoms with Gasteiger partial charge in [-0.1, -0.05) is 25.5 Å². The molecule has 0 fully saturated rings. The average molecular weight is 522 g/mol. The molecule has 0 bridgehead atoms. The van der Waals surface area contributed by atoms with Gasteiger partial charge in [0, 0.05) is 29.3 Å². The van der Waals surface area contributed by atoms with Gasteiger partial charge in [0.25, 0.3) is 0 Å². The third kappa shape index (κ3) is 5.21. The summed E-state index contributed by atoms with van der Waals surface area (Å²) in [6.07, 6.45) is 2.51. The van der Waals surface area contributed by atoms with E-state index < -0.39 is 11.9 Å². The summed E-state index contributed by atoms with van der Waals surface area (Å²) in [5.74, 6) is 0.255. The van der Waals surface area contributed by atoms with E-state index in [0.29, 0.717) is 46.9 Å². The second-order valence-electron chi connectivity index (χ2n) is 9.55. The molecule has 2 aromatic carbocycles. The van der Waals surface area contributed by atoms with Crippen LogP contribution < -0.4 is 19.5 Å². The molecule has 2 aromatic rings. The van der Waals surface area contributed by atoms with Gasteiger partial charge in [-0.15, -0.1) is 0 Å². The molecule has 8 heteroatoms. The fourth-order valence-corrected chi connectivity index (χ4v) is 5.25. The number of Topliss-reactive ketones (excluding diaryl/α,β-unsaturated/α-hetero) is 1. The van der Waals surface area contributed by atoms with E-state index in [1.165, 1.54) is 13.2 Å². The maximum Gasteiger partial charge on any atom is 0.336 e. The van der Waals surface area contributed by atoms with E-state index in [2.05, 4.69) is 5.32 Å². The molecule has 2 atom stereocenters. The van der Waals surface area contributed by atoms with Crippen LogP contribution in [0.4, 0.5) is 0 Å². The molecule has 0 amide bonds. The third-order valence-electron chi connectivity index (χ3n) is 7.19. The van der Waals surface area contributed by atoms with Gasteiger partial charge in [0.05, 0.1) is 33.5 Å². The Morgan fingerprint density at radius 2 is 1.66 bits per heavy atom. The number of ketones is 1. The van der Waals surface area contributed by atoms with Gasteiger partial charge in [-0.05, 0) is 61.1 Å². The number of ether oxygens (including phenoxy) is 4. The summed E-state index contributed by atoms with van der Waals surface area (Å²) >= 11 is 0. The van der Waals surface area contributed by atoms with E-state index in [1.54, 1.807) is 26.4 Å². The van der Waals surface area contributed by atoms with Crippen molar-refractivity contribution in [1.29, 1.82) is 0 Å². The highest BCUT2D eigenvalue weighted by Gasteiger charge is 2.41. The van der Waals surface area contributed by atoms with Crippen molar-refractivity contribution in [1.82, 2.24) is 5.32 Å². The average Bonchev–Trinajstić information content (AvgIpc) is 2.92. The van der Waals surface area contributed by atoms with E-state index in [0.717, 1.165) is 24.1 Å². The molecule has 1 aliphatic carbocycles. The highest BCUT2D eigenvalue weighted by molar-refractivity contribution is 6.04. The van der Waals surface area contributed by atoms with Crippen molar-refractivity contribution in [3.05, 3.63) is 70.1 Å². The van der Waals surface area contributed by atoms with Crippen molar-refractivity contribution < 1.29 is 33.6 Å². The van der Waals surface area contributed by atoms with E-state index >= 15 is 0 Å². The van der Waals surface area contributed by atoms with Gasteiger partial charge < -0.3 is 29.4 Å². The quantitative estimate of drug-likeness (QED) is 0.346. The first kappa shape index (κ1) is 27.1. The van der Waals surface area contributed by atoms with Gasteiger partial charge in [0.1, 0.15) is 0 Å². The number of rotatable bonds is 9. The number of phenolic OH excluding ortho intramolecular Hbond substituents is 1. The Balaban J connectivity index is 1.77. The molecule has 0 saturated heterocycles. The lowest BCUT2D eigenvalue weighted by atomic mass is 9.71. The maximum atomic E-state index is 13.8. The number of carbonyl (C=O) groups is 2. The van der Waals surface area contributed by atoms with Gasteiger partial charge in [0.15, 0.2) is 28.8 Å². The molecule has 38 heavy (non-hydrogen) atoms. The van der Waals surface area contributed by atoms with Gasteiger partial charge in [-0.3, -0.25) is 4.79 Å². The van der Waals surface area contributed by atoms with Crippen LogP contribution in [0.2, 0.25) is 0 Å². The monoisotopic (exact) mass is 521 g/mol. The first-order chi connectivity index (χ1) is 18.3. The van der Waals surface area contributed by atoms with Crippen molar-refractivity contribution in [3.63, 3.8) is 0 Å². The van der Waals surface area contributed by atoms with Crippen LogP contribution in [0, 0.1) is 0 Å². The van der Waals surface area contributed by atoms with Crippen LogP contribution in [0.15, 0.2) is 58.9 Å². The van der Waals surface area contributed by atoms with Crippen LogP contribution in [0.1, 0.15) is 62.5 Å². The van der Waals surface area contributed by atoms with E-state index in [9.17, 15) is 14.7 Å². The lowest BCUT2D eigenvalue weighted by molar-refractivity contribution is -0.139. The number of aromatic hydroxyl groups is 1. The van der Waals surface area contributed by atoms with Gasteiger partial charge in [0.2, 0.25) is 0 Å². The lowest BCUT2D eigenvalue weighted by Gasteiger charge is -2.37. The largest absolute Gasteiger partial charge is 0.504 e. The number of hydrogen-bond donors (Lipinski definition) is 2. The smallest absolute Gasteiger partial charge is 0.336 e. The Hall–Kier alpha value is -3.94. The highest BCUT2D eigenvalue weighted by atomic mass is 16.5. The molecule has 0 spiro atoms. The second kappa shape index (κ2) is 11.6. The summed E-state index contributed by atoms with van der Waals surface area (Å²) in [7, 11) is 4.64. The SMILES string of the molecule is CCCCOC(=O)C1=C(C)NC2=C(C(=O)C[C@@H](c3ccc(OC)c(OC)c3)C2)[C@H]1c1ccc(O)c(OC)c1. The Labute approximate surface area is 223 Å². The fourth-order valence-electron chi connectivity index (χ4n) is 5.25. The Bertz CT molecular complexity index is 1290. The molecule has 1 heterocycles. The van der Waals surface area contributed by atoms with Crippen LogP contribution in [0.5, 0.6) is 23.0 Å². The second-order valence-corrected chi connectivity index (χ2v) is 9.55. The third-order valence-corrected chi connectivity index (χ3v) is 7.19. The Morgan fingerprint density at radius 1 is 0.974 bits per heavy atom. The number of hydrogen-bond acceptors (Lipinski definition) is 8. The first-order valence-electron chi connectivity index (χ1n) is 12.8. The Morgan fingerprint density at radius 3 is 2.34 bits per heavy atom. The molecule has 0 saturated carbocycles. The minimum absolute atomic E-state index is 0.0179. The first-order valence-corrected chi connectivity index (χ1v) is 12.8. The number of nitrogens with one attached hydrogen (secondary N) is 1. The van der Waals surface area contributed by atoms with Crippen LogP contribution in [0.25, 0.3) is 0 Å². The van der Waals surface area contributed by atoms with Crippen molar-refractivity contribution in [3.8, 4) is 23.0 Å². The molecule has 0 unspecified atom stereocenters. The molecule has 0 aromatic heterocycles. The fraction of sp³-hybridized carbons (Fsp3) is 0.400. The summed E-state index contributed by atoms with van der Waals surface area (Å²) in [5, 5.41) is 13.6. The number of phenols is 1. The van der Waals surface area contributed by atoms with Gasteiger partial charge in [-0.25, -0.2) is 4.79 Å². The van der Waals surface area contributed by atoms with E-state index in [-0.39, 0.29) is 29.6 Å². The summed E-state index contributed by atoms with van der Waals surface area (Å²) in [5.41, 5.74) is 4.00. The van der Waals surface area contributed by atoms with Gasteiger partial charge in [-0.2, -0.15) is 0 Å². The van der Waals surface area contributed by atoms with Crippen molar-refractivity contribution in [2.75, 3.05) is 27.9 Å². The molecule has 2 aliphatic rings. The standard InChI is InChI=1S/C30H35NO7/c1-6-7-12-38-30(34)27-17(2)31-21-13-20(18-9-11-24(35-3)26(15-18)37-5)14-23(33)29(21)28(27)19-8-10-22(32)25(16-19)36-4/h8-11,15-16,20,28,31-32H,6-7,12-14H2,1-5H3/t20-,28-/m0/s1. The predicted octanol–water partition coefficient (Wildman–Crippen LogP) is 5.12. The number of carbonyl (C=O) groups excluding carboxylic acids is 2. The number of esters is 1. The predicted molar refractivity (Wildman–Crippen MR) is 143 cm³/mol. The highest BCUT2D eigenvalue weighted by Crippen LogP contribution is 2.47. The topological polar surface area (TPSA) is 103 Å². The molecule has 8 nitrogen and oxygen atoms in total. The molecule has 2 N–H and O–H groups in total. The Kier molecular flexibility index (Phi) is 8.29. The molecule has 0 radical (unpaired) electrons. The molecular formula is C30H35NO7. The van der Waals surface area contributed by atoms with Crippen molar-refractivity contribution >= 4 is 11.8 Å². The molecule has 202 valence electrons. The van der Waals surface area contributed by atoms with Crippen molar-refractivity contribution in [2.45, 2.75) is 51.4 Å². The zero-order valence-electron chi connectivity index (χ0n) is 22.6. The number of methoxy groups -OCH3 is 3. The molecule has 4 rings (SSSR count). The van der Waals surface area contributed by atoms with Crippen LogP contribution >= 0.6 is 0 Å². The number of benzene rings is 2. The number of dihydropyridines is 1. The molecular weight excluding hydrogens is 486 g/mol.